The second-order valence-electron chi connectivity index (χ2n) is 3.95. The quantitative estimate of drug-likeness (QED) is 0.687. The molecule has 3 aromatic rings. The van der Waals surface area contributed by atoms with Gasteiger partial charge in [0.15, 0.2) is 0 Å². The van der Waals surface area contributed by atoms with Crippen LogP contribution < -0.4 is 0 Å². The highest BCUT2D eigenvalue weighted by Gasteiger charge is 2.29. The van der Waals surface area contributed by atoms with Crippen LogP contribution >= 0.6 is 34.8 Å². The number of benzene rings is 1. The Hall–Kier alpha value is -1.82. The summed E-state index contributed by atoms with van der Waals surface area (Å²) in [6.45, 7) is 0. The zero-order chi connectivity index (χ0) is 15.8. The molecular weight excluding hydrogens is 347 g/mol. The van der Waals surface area contributed by atoms with Gasteiger partial charge in [-0.3, -0.25) is 0 Å². The lowest BCUT2D eigenvalue weighted by molar-refractivity contribution is 0.493. The van der Waals surface area contributed by atoms with Crippen molar-refractivity contribution in [2.24, 2.45) is 0 Å². The number of aromatic amines is 1. The highest BCUT2D eigenvalue weighted by atomic mass is 35.6. The molecule has 0 aliphatic carbocycles. The molecule has 1 aromatic carbocycles. The van der Waals surface area contributed by atoms with E-state index < -0.39 is 3.79 Å². The van der Waals surface area contributed by atoms with Crippen molar-refractivity contribution in [3.63, 3.8) is 0 Å². The molecule has 0 aliphatic heterocycles. The van der Waals surface area contributed by atoms with Crippen molar-refractivity contribution in [1.29, 1.82) is 0 Å². The number of hydrogen-bond acceptors (Lipinski definition) is 4. The number of halogens is 3. The van der Waals surface area contributed by atoms with Crippen LogP contribution in [0.3, 0.4) is 0 Å². The molecule has 5 nitrogen and oxygen atoms in total. The smallest absolute Gasteiger partial charge is 0.268 e. The first-order valence-corrected chi connectivity index (χ1v) is 7.25. The van der Waals surface area contributed by atoms with Crippen molar-refractivity contribution in [3.8, 4) is 0 Å². The van der Waals surface area contributed by atoms with Crippen LogP contribution in [0.15, 0.2) is 53.5 Å². The van der Waals surface area contributed by atoms with E-state index in [1.807, 2.05) is 36.4 Å². The Labute approximate surface area is 141 Å². The van der Waals surface area contributed by atoms with Gasteiger partial charge in [0.1, 0.15) is 0 Å². The van der Waals surface area contributed by atoms with Gasteiger partial charge in [0, 0.05) is 18.5 Å². The molecule has 1 N–H and O–H groups in total. The summed E-state index contributed by atoms with van der Waals surface area (Å²) in [5.41, 5.74) is 1.01. The number of alkyl halides is 3. The average molecular weight is 358 g/mol. The fourth-order valence-corrected chi connectivity index (χ4v) is 1.59. The van der Waals surface area contributed by atoms with E-state index in [0.717, 1.165) is 5.56 Å². The molecular formula is C14H11Cl3N4O. The Morgan fingerprint density at radius 2 is 1.82 bits per heavy atom. The van der Waals surface area contributed by atoms with Gasteiger partial charge in [-0.25, -0.2) is 4.98 Å². The van der Waals surface area contributed by atoms with Crippen molar-refractivity contribution in [3.05, 3.63) is 66.4 Å². The fraction of sp³-hybridized carbons (Fsp3) is 0.0714. The molecule has 0 saturated carbocycles. The van der Waals surface area contributed by atoms with E-state index >= 15 is 0 Å². The maximum absolute atomic E-state index is 5.60. The van der Waals surface area contributed by atoms with Gasteiger partial charge in [-0.05, 0) is 11.6 Å². The number of rotatable bonds is 2. The number of nitrogens with one attached hydrogen (secondary N) is 1. The summed E-state index contributed by atoms with van der Waals surface area (Å²) in [5.74, 6) is 0.241. The average Bonchev–Trinajstić information content (AvgIpc) is 3.20. The van der Waals surface area contributed by atoms with Crippen LogP contribution in [0.2, 0.25) is 0 Å². The first kappa shape index (κ1) is 16.5. The molecule has 114 valence electrons. The highest BCUT2D eigenvalue weighted by Crippen LogP contribution is 2.37. The summed E-state index contributed by atoms with van der Waals surface area (Å²) in [4.78, 5) is 6.42. The maximum atomic E-state index is 5.60. The van der Waals surface area contributed by atoms with Gasteiger partial charge in [-0.2, -0.15) is 0 Å². The number of H-pyrrole nitrogens is 1. The molecule has 0 aliphatic rings. The molecule has 0 unspecified atom stereocenters. The van der Waals surface area contributed by atoms with Crippen LogP contribution in [0.25, 0.3) is 12.2 Å². The number of aromatic nitrogens is 4. The topological polar surface area (TPSA) is 67.6 Å². The third kappa shape index (κ3) is 5.52. The van der Waals surface area contributed by atoms with Crippen LogP contribution in [0.1, 0.15) is 17.3 Å². The molecule has 0 saturated heterocycles. The van der Waals surface area contributed by atoms with E-state index in [0.29, 0.717) is 0 Å². The Morgan fingerprint density at radius 1 is 1.05 bits per heavy atom. The van der Waals surface area contributed by atoms with Crippen molar-refractivity contribution >= 4 is 47.0 Å². The van der Waals surface area contributed by atoms with Crippen molar-refractivity contribution in [1.82, 2.24) is 20.2 Å². The summed E-state index contributed by atoms with van der Waals surface area (Å²) in [5, 5.41) is 7.38. The van der Waals surface area contributed by atoms with Gasteiger partial charge < -0.3 is 9.40 Å². The monoisotopic (exact) mass is 356 g/mol. The maximum Gasteiger partial charge on any atom is 0.268 e. The van der Waals surface area contributed by atoms with Gasteiger partial charge in [-0.15, -0.1) is 10.2 Å². The number of hydrogen-bond donors (Lipinski definition) is 1. The van der Waals surface area contributed by atoms with E-state index in [9.17, 15) is 0 Å². The molecule has 0 bridgehead atoms. The summed E-state index contributed by atoms with van der Waals surface area (Å²) in [7, 11) is 0. The summed E-state index contributed by atoms with van der Waals surface area (Å²) >= 11 is 16.8. The molecule has 2 heterocycles. The van der Waals surface area contributed by atoms with Crippen LogP contribution in [0, 0.1) is 0 Å². The first-order chi connectivity index (χ1) is 10.6. The molecule has 2 aromatic heterocycles. The summed E-state index contributed by atoms with van der Waals surface area (Å²) in [6, 6.07) is 9.69. The van der Waals surface area contributed by atoms with Crippen molar-refractivity contribution in [2.45, 2.75) is 3.79 Å². The minimum Gasteiger partial charge on any atom is -0.417 e. The Kier molecular flexibility index (Phi) is 6.00. The minimum atomic E-state index is -1.69. The zero-order valence-corrected chi connectivity index (χ0v) is 13.4. The van der Waals surface area contributed by atoms with Gasteiger partial charge in [0.25, 0.3) is 9.68 Å². The fourth-order valence-electron chi connectivity index (χ4n) is 1.36. The summed E-state index contributed by atoms with van der Waals surface area (Å²) < 4.78 is 3.48. The molecule has 22 heavy (non-hydrogen) atoms. The lowest BCUT2D eigenvalue weighted by Crippen LogP contribution is -1.99. The molecule has 8 heteroatoms. The Bertz CT molecular complexity index is 673. The Balaban J connectivity index is 0.000000299. The standard InChI is InChI=1S/C11H7Cl3N2O.C3H4N2/c12-11(13,14)10-16-15-9(17-10)7-6-8-4-2-1-3-5-8;1-2-5-3-4-1/h1-7H;1-3H,(H,4,5). The lowest BCUT2D eigenvalue weighted by Gasteiger charge is -2.01. The largest absolute Gasteiger partial charge is 0.417 e. The van der Waals surface area contributed by atoms with Crippen LogP contribution in [0.5, 0.6) is 0 Å². The predicted octanol–water partition coefficient (Wildman–Crippen LogP) is 4.48. The van der Waals surface area contributed by atoms with E-state index in [1.54, 1.807) is 24.8 Å². The van der Waals surface area contributed by atoms with Crippen LogP contribution in [0.4, 0.5) is 0 Å². The number of imidazole rings is 1. The van der Waals surface area contributed by atoms with Gasteiger partial charge in [-0.1, -0.05) is 65.1 Å². The molecule has 0 atom stereocenters. The highest BCUT2D eigenvalue weighted by molar-refractivity contribution is 6.66. The Morgan fingerprint density at radius 3 is 2.32 bits per heavy atom. The number of nitrogens with zero attached hydrogens (tertiary/aromatic N) is 3. The van der Waals surface area contributed by atoms with Gasteiger partial charge >= 0.3 is 0 Å². The van der Waals surface area contributed by atoms with E-state index in [2.05, 4.69) is 20.2 Å². The lowest BCUT2D eigenvalue weighted by atomic mass is 10.2. The SMILES string of the molecule is ClC(Cl)(Cl)c1nnc(C=Cc2ccccc2)o1.c1c[nH]cn1. The van der Waals surface area contributed by atoms with E-state index in [4.69, 9.17) is 39.2 Å². The van der Waals surface area contributed by atoms with E-state index in [1.165, 1.54) is 0 Å². The zero-order valence-electron chi connectivity index (χ0n) is 11.2. The van der Waals surface area contributed by atoms with Crippen molar-refractivity contribution < 1.29 is 4.42 Å². The van der Waals surface area contributed by atoms with Crippen molar-refractivity contribution in [2.75, 3.05) is 0 Å². The van der Waals surface area contributed by atoms with Gasteiger partial charge in [0.2, 0.25) is 5.89 Å². The normalized spacial score (nSPS) is 11.2. The molecule has 0 fully saturated rings. The van der Waals surface area contributed by atoms with E-state index in [-0.39, 0.29) is 11.8 Å². The second-order valence-corrected chi connectivity index (χ2v) is 6.23. The first-order valence-electron chi connectivity index (χ1n) is 6.12. The third-order valence-corrected chi connectivity index (χ3v) is 2.79. The predicted molar refractivity (Wildman–Crippen MR) is 87.5 cm³/mol. The van der Waals surface area contributed by atoms with Crippen LogP contribution in [-0.2, 0) is 3.79 Å². The minimum absolute atomic E-state index is 0.0461. The second kappa shape index (κ2) is 7.98. The molecule has 0 spiro atoms. The molecule has 3 rings (SSSR count). The molecule has 0 radical (unpaired) electrons. The third-order valence-electron chi connectivity index (χ3n) is 2.31. The van der Waals surface area contributed by atoms with Gasteiger partial charge in [0.05, 0.1) is 6.33 Å². The van der Waals surface area contributed by atoms with Crippen LogP contribution in [-0.4, -0.2) is 20.2 Å². The summed E-state index contributed by atoms with van der Waals surface area (Å²) in [6.07, 6.45) is 8.57. The molecule has 0 amide bonds.